The molecule has 0 N–H and O–H groups in total. The summed E-state index contributed by atoms with van der Waals surface area (Å²) in [5.74, 6) is -0.709. The normalized spacial score (nSPS) is 12.8. The lowest BCUT2D eigenvalue weighted by Gasteiger charge is -2.21. The molecule has 0 atom stereocenters. The van der Waals surface area contributed by atoms with Crippen molar-refractivity contribution in [3.63, 3.8) is 0 Å². The van der Waals surface area contributed by atoms with Crippen molar-refractivity contribution in [2.75, 3.05) is 19.8 Å². The molecule has 236 valence electrons. The number of esters is 4. The molecule has 1 aliphatic rings. The summed E-state index contributed by atoms with van der Waals surface area (Å²) in [6.07, 6.45) is 9.15. The van der Waals surface area contributed by atoms with E-state index < -0.39 is 23.9 Å². The lowest BCUT2D eigenvalue weighted by Crippen LogP contribution is -2.22. The first-order valence-corrected chi connectivity index (χ1v) is 14.9. The maximum atomic E-state index is 12.5. The Morgan fingerprint density at radius 3 is 2.05 bits per heavy atom. The zero-order chi connectivity index (χ0) is 31.6. The van der Waals surface area contributed by atoms with E-state index in [0.29, 0.717) is 35.8 Å². The van der Waals surface area contributed by atoms with Crippen molar-refractivity contribution in [1.82, 2.24) is 0 Å². The van der Waals surface area contributed by atoms with Gasteiger partial charge in [-0.2, -0.15) is 0 Å². The molecule has 44 heavy (non-hydrogen) atoms. The highest BCUT2D eigenvalue weighted by Gasteiger charge is 2.20. The molecule has 1 fully saturated rings. The van der Waals surface area contributed by atoms with Crippen LogP contribution in [0.15, 0.2) is 73.5 Å². The van der Waals surface area contributed by atoms with Crippen LogP contribution in [0, 0.1) is 0 Å². The van der Waals surface area contributed by atoms with Gasteiger partial charge in [0.1, 0.15) is 23.4 Å². The number of unbranched alkanes of at least 4 members (excludes halogenated alkanes) is 3. The van der Waals surface area contributed by atoms with Gasteiger partial charge in [-0.3, -0.25) is 4.79 Å². The van der Waals surface area contributed by atoms with E-state index in [-0.39, 0.29) is 31.3 Å². The second kappa shape index (κ2) is 18.8. The largest absolute Gasteiger partial charge is 0.494 e. The van der Waals surface area contributed by atoms with Crippen LogP contribution in [0.5, 0.6) is 17.2 Å². The molecule has 1 saturated carbocycles. The van der Waals surface area contributed by atoms with Crippen molar-refractivity contribution >= 4 is 23.9 Å². The average molecular weight is 609 g/mol. The van der Waals surface area contributed by atoms with Gasteiger partial charge in [0.2, 0.25) is 0 Å². The molecule has 0 unspecified atom stereocenters. The van der Waals surface area contributed by atoms with Gasteiger partial charge in [0.05, 0.1) is 31.5 Å². The zero-order valence-electron chi connectivity index (χ0n) is 25.0. The molecule has 0 amide bonds. The summed E-state index contributed by atoms with van der Waals surface area (Å²) in [6, 6.07) is 12.9. The second-order valence-electron chi connectivity index (χ2n) is 10.3. The molecule has 0 bridgehead atoms. The van der Waals surface area contributed by atoms with Gasteiger partial charge in [0.25, 0.3) is 0 Å². The van der Waals surface area contributed by atoms with E-state index in [9.17, 15) is 19.2 Å². The predicted octanol–water partition coefficient (Wildman–Crippen LogP) is 6.28. The van der Waals surface area contributed by atoms with E-state index in [1.54, 1.807) is 48.5 Å². The fourth-order valence-electron chi connectivity index (χ4n) is 4.40. The van der Waals surface area contributed by atoms with E-state index >= 15 is 0 Å². The van der Waals surface area contributed by atoms with Crippen LogP contribution in [0.25, 0.3) is 0 Å². The first kappa shape index (κ1) is 33.9. The highest BCUT2D eigenvalue weighted by Crippen LogP contribution is 2.22. The summed E-state index contributed by atoms with van der Waals surface area (Å²) in [4.78, 5) is 47.9. The first-order chi connectivity index (χ1) is 21.3. The maximum Gasteiger partial charge on any atom is 0.348 e. The minimum Gasteiger partial charge on any atom is -0.494 e. The number of ether oxygens (including phenoxy) is 6. The van der Waals surface area contributed by atoms with Gasteiger partial charge in [-0.25, -0.2) is 14.4 Å². The quantitative estimate of drug-likeness (QED) is 0.0477. The second-order valence-corrected chi connectivity index (χ2v) is 10.3. The molecule has 0 spiro atoms. The molecular formula is C34H40O10. The number of rotatable bonds is 18. The number of hydrogen-bond acceptors (Lipinski definition) is 10. The molecule has 0 heterocycles. The third-order valence-corrected chi connectivity index (χ3v) is 6.73. The van der Waals surface area contributed by atoms with E-state index in [2.05, 4.69) is 17.9 Å². The Labute approximate surface area is 257 Å². The van der Waals surface area contributed by atoms with Gasteiger partial charge in [-0.15, -0.1) is 0 Å². The predicted molar refractivity (Wildman–Crippen MR) is 161 cm³/mol. The van der Waals surface area contributed by atoms with E-state index in [1.165, 1.54) is 6.42 Å². The third kappa shape index (κ3) is 12.7. The molecule has 3 rings (SSSR count). The van der Waals surface area contributed by atoms with Crippen molar-refractivity contribution < 1.29 is 47.6 Å². The summed E-state index contributed by atoms with van der Waals surface area (Å²) in [5, 5.41) is 0. The van der Waals surface area contributed by atoms with Crippen molar-refractivity contribution in [2.45, 2.75) is 70.3 Å². The fourth-order valence-corrected chi connectivity index (χ4v) is 4.40. The molecule has 1 aliphatic carbocycles. The molecular weight excluding hydrogens is 568 g/mol. The van der Waals surface area contributed by atoms with Crippen LogP contribution in [0.4, 0.5) is 0 Å². The molecule has 0 aromatic heterocycles. The minimum absolute atomic E-state index is 0.0467. The molecule has 2 aromatic carbocycles. The van der Waals surface area contributed by atoms with Crippen LogP contribution in [0.2, 0.25) is 0 Å². The summed E-state index contributed by atoms with van der Waals surface area (Å²) >= 11 is 0. The molecule has 0 aliphatic heterocycles. The molecule has 0 radical (unpaired) electrons. The summed E-state index contributed by atoms with van der Waals surface area (Å²) in [7, 11) is 0. The van der Waals surface area contributed by atoms with Gasteiger partial charge in [0.15, 0.2) is 6.61 Å². The minimum atomic E-state index is -0.576. The van der Waals surface area contributed by atoms with Crippen LogP contribution in [0.3, 0.4) is 0 Å². The highest BCUT2D eigenvalue weighted by atomic mass is 16.6. The summed E-state index contributed by atoms with van der Waals surface area (Å²) in [5.41, 5.74) is 0.479. The first-order valence-electron chi connectivity index (χ1n) is 14.9. The van der Waals surface area contributed by atoms with Gasteiger partial charge >= 0.3 is 23.9 Å². The van der Waals surface area contributed by atoms with Gasteiger partial charge in [-0.05, 0) is 99.9 Å². The lowest BCUT2D eigenvalue weighted by atomic mass is 9.98. The Morgan fingerprint density at radius 1 is 0.750 bits per heavy atom. The van der Waals surface area contributed by atoms with Crippen molar-refractivity contribution in [1.29, 1.82) is 0 Å². The van der Waals surface area contributed by atoms with Crippen molar-refractivity contribution in [3.8, 4) is 17.2 Å². The smallest absolute Gasteiger partial charge is 0.348 e. The molecule has 2 aromatic rings. The molecule has 0 saturated heterocycles. The van der Waals surface area contributed by atoms with Crippen LogP contribution in [0.1, 0.15) is 74.6 Å². The highest BCUT2D eigenvalue weighted by molar-refractivity contribution is 5.93. The Balaban J connectivity index is 1.23. The Kier molecular flexibility index (Phi) is 14.5. The van der Waals surface area contributed by atoms with Gasteiger partial charge in [0, 0.05) is 5.57 Å². The third-order valence-electron chi connectivity index (χ3n) is 6.73. The standard InChI is InChI=1S/C34H40O10/c1-3-39-32(36)24-42-28-17-19-30(20-18-28)44-34(38)26-13-15-27(16-14-26)40-21-9-4-5-10-22-41-33(37)25(2)23-31(35)43-29-11-7-6-8-12-29/h3,13-20,29H,1-2,4-12,21-24H2. The Morgan fingerprint density at radius 2 is 1.36 bits per heavy atom. The monoisotopic (exact) mass is 608 g/mol. The summed E-state index contributed by atoms with van der Waals surface area (Å²) in [6.45, 7) is 7.47. The van der Waals surface area contributed by atoms with E-state index in [4.69, 9.17) is 23.7 Å². The lowest BCUT2D eigenvalue weighted by molar-refractivity contribution is -0.151. The van der Waals surface area contributed by atoms with Gasteiger partial charge in [-0.1, -0.05) is 19.6 Å². The van der Waals surface area contributed by atoms with Crippen LogP contribution >= 0.6 is 0 Å². The van der Waals surface area contributed by atoms with Crippen LogP contribution in [-0.4, -0.2) is 49.8 Å². The summed E-state index contributed by atoms with van der Waals surface area (Å²) < 4.78 is 31.6. The Hall–Kier alpha value is -4.60. The molecule has 10 heteroatoms. The van der Waals surface area contributed by atoms with Crippen LogP contribution in [-0.2, 0) is 28.6 Å². The van der Waals surface area contributed by atoms with Gasteiger partial charge < -0.3 is 28.4 Å². The number of benzene rings is 2. The number of hydrogen-bond donors (Lipinski definition) is 0. The Bertz CT molecular complexity index is 1240. The van der Waals surface area contributed by atoms with Crippen molar-refractivity contribution in [3.05, 3.63) is 79.1 Å². The SMILES string of the molecule is C=COC(=O)COc1ccc(OC(=O)c2ccc(OCCCCCCOC(=O)C(=C)CC(=O)OC3CCCCC3)cc2)cc1. The fraction of sp³-hybridized carbons (Fsp3) is 0.412. The van der Waals surface area contributed by atoms with Crippen molar-refractivity contribution in [2.24, 2.45) is 0 Å². The molecule has 10 nitrogen and oxygen atoms in total. The maximum absolute atomic E-state index is 12.5. The number of carbonyl (C=O) groups is 4. The topological polar surface area (TPSA) is 124 Å². The van der Waals surface area contributed by atoms with E-state index in [1.807, 2.05) is 0 Å². The average Bonchev–Trinajstić information content (AvgIpc) is 3.02. The van der Waals surface area contributed by atoms with E-state index in [0.717, 1.165) is 51.2 Å². The zero-order valence-corrected chi connectivity index (χ0v) is 25.0. The van der Waals surface area contributed by atoms with Crippen LogP contribution < -0.4 is 14.2 Å². The number of carbonyl (C=O) groups excluding carboxylic acids is 4.